The van der Waals surface area contributed by atoms with E-state index in [0.717, 1.165) is 16.9 Å². The summed E-state index contributed by atoms with van der Waals surface area (Å²) in [5.41, 5.74) is 8.75. The molecule has 5 heteroatoms. The van der Waals surface area contributed by atoms with Crippen molar-refractivity contribution in [3.05, 3.63) is 84.2 Å². The monoisotopic (exact) mass is 331 g/mol. The van der Waals surface area contributed by atoms with E-state index in [9.17, 15) is 9.59 Å². The first-order valence-electron chi connectivity index (χ1n) is 8.09. The number of nitrogens with two attached hydrogens (primary N) is 1. The highest BCUT2D eigenvalue weighted by atomic mass is 16.2. The van der Waals surface area contributed by atoms with Gasteiger partial charge in [-0.25, -0.2) is 0 Å². The number of anilines is 1. The predicted molar refractivity (Wildman–Crippen MR) is 95.7 cm³/mol. The number of amides is 2. The average Bonchev–Trinajstić information content (AvgIpc) is 3.29. The molecular formula is C20H17N3O2. The van der Waals surface area contributed by atoms with Gasteiger partial charge < -0.3 is 10.3 Å². The highest BCUT2D eigenvalue weighted by Gasteiger charge is 2.37. The molecule has 25 heavy (non-hydrogen) atoms. The van der Waals surface area contributed by atoms with E-state index >= 15 is 0 Å². The number of fused-ring (bicyclic) bond motifs is 1. The summed E-state index contributed by atoms with van der Waals surface area (Å²) in [4.78, 5) is 26.4. The number of carbonyl (C=O) groups excluding carboxylic acids is 2. The van der Waals surface area contributed by atoms with Crippen molar-refractivity contribution in [2.24, 2.45) is 5.73 Å². The summed E-state index contributed by atoms with van der Waals surface area (Å²) in [5.74, 6) is -0.707. The maximum atomic E-state index is 13.0. The Morgan fingerprint density at radius 1 is 0.920 bits per heavy atom. The molecule has 0 saturated carbocycles. The van der Waals surface area contributed by atoms with Crippen molar-refractivity contribution >= 4 is 17.5 Å². The van der Waals surface area contributed by atoms with E-state index in [-0.39, 0.29) is 5.91 Å². The molecule has 1 atom stereocenters. The van der Waals surface area contributed by atoms with Crippen molar-refractivity contribution in [2.75, 3.05) is 4.90 Å². The minimum atomic E-state index is -0.644. The Morgan fingerprint density at radius 2 is 1.60 bits per heavy atom. The fourth-order valence-electron chi connectivity index (χ4n) is 3.29. The van der Waals surface area contributed by atoms with E-state index in [2.05, 4.69) is 0 Å². The minimum Gasteiger partial charge on any atom is -0.368 e. The van der Waals surface area contributed by atoms with Crippen molar-refractivity contribution in [3.8, 4) is 5.69 Å². The predicted octanol–water partition coefficient (Wildman–Crippen LogP) is 2.53. The Kier molecular flexibility index (Phi) is 3.61. The molecular weight excluding hydrogens is 314 g/mol. The molecule has 1 aliphatic heterocycles. The molecule has 3 aromatic rings. The van der Waals surface area contributed by atoms with E-state index in [1.807, 2.05) is 65.5 Å². The molecule has 0 bridgehead atoms. The fourth-order valence-corrected chi connectivity index (χ4v) is 3.29. The third-order valence-corrected chi connectivity index (χ3v) is 4.54. The molecule has 0 radical (unpaired) electrons. The quantitative estimate of drug-likeness (QED) is 0.801. The van der Waals surface area contributed by atoms with Gasteiger partial charge in [0, 0.05) is 35.8 Å². The fraction of sp³-hybridized carbons (Fsp3) is 0.100. The summed E-state index contributed by atoms with van der Waals surface area (Å²) < 4.78 is 1.96. The number of nitrogens with zero attached hydrogens (tertiary/aromatic N) is 2. The number of primary amides is 1. The molecule has 0 fully saturated rings. The Morgan fingerprint density at radius 3 is 2.28 bits per heavy atom. The number of aromatic nitrogens is 1. The van der Waals surface area contributed by atoms with Gasteiger partial charge in [0.1, 0.15) is 6.04 Å². The van der Waals surface area contributed by atoms with E-state index in [1.54, 1.807) is 12.1 Å². The zero-order valence-electron chi connectivity index (χ0n) is 13.5. The van der Waals surface area contributed by atoms with Gasteiger partial charge >= 0.3 is 0 Å². The molecule has 2 amide bonds. The summed E-state index contributed by atoms with van der Waals surface area (Å²) in [6, 6.07) is 18.1. The lowest BCUT2D eigenvalue weighted by atomic mass is 10.1. The van der Waals surface area contributed by atoms with Crippen LogP contribution in [0.3, 0.4) is 0 Å². The maximum absolute atomic E-state index is 13.0. The van der Waals surface area contributed by atoms with Crippen LogP contribution in [-0.2, 0) is 11.2 Å². The van der Waals surface area contributed by atoms with Crippen LogP contribution in [0.5, 0.6) is 0 Å². The molecule has 124 valence electrons. The lowest BCUT2D eigenvalue weighted by Crippen LogP contribution is -2.46. The van der Waals surface area contributed by atoms with E-state index in [4.69, 9.17) is 5.73 Å². The second-order valence-corrected chi connectivity index (χ2v) is 6.06. The lowest BCUT2D eigenvalue weighted by molar-refractivity contribution is -0.119. The van der Waals surface area contributed by atoms with Crippen LogP contribution in [-0.4, -0.2) is 22.4 Å². The number of rotatable bonds is 3. The zero-order chi connectivity index (χ0) is 17.4. The Bertz CT molecular complexity index is 930. The summed E-state index contributed by atoms with van der Waals surface area (Å²) in [7, 11) is 0. The Hall–Kier alpha value is -3.34. The first-order chi connectivity index (χ1) is 12.1. The van der Waals surface area contributed by atoms with Gasteiger partial charge in [-0.1, -0.05) is 18.2 Å². The van der Waals surface area contributed by atoms with Gasteiger partial charge in [-0.2, -0.15) is 0 Å². The highest BCUT2D eigenvalue weighted by molar-refractivity contribution is 6.11. The first-order valence-corrected chi connectivity index (χ1v) is 8.09. The number of hydrogen-bond donors (Lipinski definition) is 1. The molecule has 0 spiro atoms. The van der Waals surface area contributed by atoms with Crippen LogP contribution in [0.15, 0.2) is 73.1 Å². The van der Waals surface area contributed by atoms with E-state index in [1.165, 1.54) is 4.90 Å². The van der Waals surface area contributed by atoms with Gasteiger partial charge in [-0.05, 0) is 48.0 Å². The summed E-state index contributed by atoms with van der Waals surface area (Å²) in [6.45, 7) is 0. The number of benzene rings is 2. The zero-order valence-corrected chi connectivity index (χ0v) is 13.5. The van der Waals surface area contributed by atoms with Crippen molar-refractivity contribution in [3.63, 3.8) is 0 Å². The molecule has 1 aliphatic rings. The van der Waals surface area contributed by atoms with Crippen LogP contribution in [0.1, 0.15) is 15.9 Å². The molecule has 2 N–H and O–H groups in total. The highest BCUT2D eigenvalue weighted by Crippen LogP contribution is 2.33. The molecule has 5 nitrogen and oxygen atoms in total. The normalized spacial score (nSPS) is 15.8. The van der Waals surface area contributed by atoms with Crippen molar-refractivity contribution in [1.29, 1.82) is 0 Å². The number of carbonyl (C=O) groups is 2. The number of hydrogen-bond acceptors (Lipinski definition) is 2. The molecule has 0 unspecified atom stereocenters. The molecule has 0 saturated heterocycles. The van der Waals surface area contributed by atoms with Crippen molar-refractivity contribution in [2.45, 2.75) is 12.5 Å². The standard InChI is InChI=1S/C20H17N3O2/c21-19(24)18-13-15-5-1-2-6-17(15)23(18)20(25)14-7-9-16(10-8-14)22-11-3-4-12-22/h1-12,18H,13H2,(H2,21,24)/t18-/m0/s1. The van der Waals surface area contributed by atoms with E-state index in [0.29, 0.717) is 12.0 Å². The van der Waals surface area contributed by atoms with Crippen LogP contribution < -0.4 is 10.6 Å². The second-order valence-electron chi connectivity index (χ2n) is 6.06. The SMILES string of the molecule is NC(=O)[C@@H]1Cc2ccccc2N1C(=O)c1ccc(-n2cccc2)cc1. The molecule has 1 aromatic heterocycles. The maximum Gasteiger partial charge on any atom is 0.259 e. The molecule has 2 heterocycles. The molecule has 4 rings (SSSR count). The average molecular weight is 331 g/mol. The van der Waals surface area contributed by atoms with Crippen LogP contribution in [0.2, 0.25) is 0 Å². The van der Waals surface area contributed by atoms with Crippen LogP contribution in [0, 0.1) is 0 Å². The smallest absolute Gasteiger partial charge is 0.259 e. The lowest BCUT2D eigenvalue weighted by Gasteiger charge is -2.23. The third-order valence-electron chi connectivity index (χ3n) is 4.54. The molecule has 2 aromatic carbocycles. The van der Waals surface area contributed by atoms with E-state index < -0.39 is 11.9 Å². The third kappa shape index (κ3) is 2.59. The topological polar surface area (TPSA) is 68.3 Å². The number of para-hydroxylation sites is 1. The van der Waals surface area contributed by atoms with Crippen molar-refractivity contribution in [1.82, 2.24) is 4.57 Å². The summed E-state index contributed by atoms with van der Waals surface area (Å²) in [5, 5.41) is 0. The largest absolute Gasteiger partial charge is 0.368 e. The second kappa shape index (κ2) is 5.94. The van der Waals surface area contributed by atoms with Gasteiger partial charge in [-0.15, -0.1) is 0 Å². The van der Waals surface area contributed by atoms with Gasteiger partial charge in [0.15, 0.2) is 0 Å². The van der Waals surface area contributed by atoms with Gasteiger partial charge in [0.25, 0.3) is 5.91 Å². The van der Waals surface area contributed by atoms with Crippen LogP contribution >= 0.6 is 0 Å². The Labute approximate surface area is 145 Å². The minimum absolute atomic E-state index is 0.215. The van der Waals surface area contributed by atoms with Gasteiger partial charge in [0.2, 0.25) is 5.91 Å². The first kappa shape index (κ1) is 15.2. The summed E-state index contributed by atoms with van der Waals surface area (Å²) in [6.07, 6.45) is 4.34. The van der Waals surface area contributed by atoms with Gasteiger partial charge in [0.05, 0.1) is 0 Å². The molecule has 0 aliphatic carbocycles. The van der Waals surface area contributed by atoms with Crippen LogP contribution in [0.25, 0.3) is 5.69 Å². The van der Waals surface area contributed by atoms with Crippen molar-refractivity contribution < 1.29 is 9.59 Å². The Balaban J connectivity index is 1.68. The van der Waals surface area contributed by atoms with Gasteiger partial charge in [-0.3, -0.25) is 14.5 Å². The van der Waals surface area contributed by atoms with Crippen LogP contribution in [0.4, 0.5) is 5.69 Å². The summed E-state index contributed by atoms with van der Waals surface area (Å²) >= 11 is 0.